The van der Waals surface area contributed by atoms with E-state index < -0.39 is 0 Å². The zero-order valence-corrected chi connectivity index (χ0v) is 18.2. The molecule has 0 radical (unpaired) electrons. The maximum atomic E-state index is 6.49. The predicted octanol–water partition coefficient (Wildman–Crippen LogP) is 4.07. The fraction of sp³-hybridized carbons (Fsp3) is 0.409. The summed E-state index contributed by atoms with van der Waals surface area (Å²) in [7, 11) is 0. The lowest BCUT2D eigenvalue weighted by atomic mass is 9.95. The number of rotatable bonds is 4. The van der Waals surface area contributed by atoms with Crippen LogP contribution in [0.1, 0.15) is 19.3 Å². The summed E-state index contributed by atoms with van der Waals surface area (Å²) in [4.78, 5) is 13.9. The molecule has 1 aromatic carbocycles. The number of benzene rings is 1. The molecule has 0 unspecified atom stereocenters. The zero-order valence-electron chi connectivity index (χ0n) is 16.7. The van der Waals surface area contributed by atoms with Gasteiger partial charge in [-0.15, -0.1) is 0 Å². The quantitative estimate of drug-likeness (QED) is 0.638. The molecule has 0 aromatic heterocycles. The largest absolute Gasteiger partial charge is 0.369 e. The van der Waals surface area contributed by atoms with E-state index in [9.17, 15) is 0 Å². The van der Waals surface area contributed by atoms with Gasteiger partial charge in [-0.1, -0.05) is 29.3 Å². The Bertz CT molecular complexity index is 1080. The summed E-state index contributed by atoms with van der Waals surface area (Å²) < 4.78 is 2.18. The van der Waals surface area contributed by atoms with E-state index in [1.807, 2.05) is 24.4 Å². The van der Waals surface area contributed by atoms with Crippen molar-refractivity contribution >= 4 is 29.0 Å². The van der Waals surface area contributed by atoms with Crippen molar-refractivity contribution in [3.8, 4) is 22.5 Å². The molecular weight excluding hydrogens is 419 g/mol. The first kappa shape index (κ1) is 19.8. The number of piperidine rings is 1. The van der Waals surface area contributed by atoms with Gasteiger partial charge >= 0.3 is 0 Å². The third-order valence-electron chi connectivity index (χ3n) is 5.97. The average Bonchev–Trinajstić information content (AvgIpc) is 3.25. The van der Waals surface area contributed by atoms with Crippen LogP contribution in [0.2, 0.25) is 10.0 Å². The highest BCUT2D eigenvalue weighted by Crippen LogP contribution is 2.42. The summed E-state index contributed by atoms with van der Waals surface area (Å²) in [5, 5.41) is 8.13. The first-order valence-electron chi connectivity index (χ1n) is 10.5. The van der Waals surface area contributed by atoms with E-state index >= 15 is 0 Å². The molecule has 0 atom stereocenters. The Kier molecular flexibility index (Phi) is 5.63. The van der Waals surface area contributed by atoms with Gasteiger partial charge < -0.3 is 15.2 Å². The monoisotopic (exact) mass is 442 g/mol. The van der Waals surface area contributed by atoms with Crippen molar-refractivity contribution in [2.24, 2.45) is 10.9 Å². The van der Waals surface area contributed by atoms with Crippen molar-refractivity contribution in [2.45, 2.75) is 25.8 Å². The number of anilines is 1. The average molecular weight is 443 g/mol. The van der Waals surface area contributed by atoms with Gasteiger partial charge in [0, 0.05) is 42.5 Å². The van der Waals surface area contributed by atoms with Crippen molar-refractivity contribution in [2.75, 3.05) is 31.5 Å². The van der Waals surface area contributed by atoms with Crippen molar-refractivity contribution in [1.82, 2.24) is 19.9 Å². The van der Waals surface area contributed by atoms with Crippen molar-refractivity contribution < 1.29 is 0 Å². The third-order valence-corrected chi connectivity index (χ3v) is 6.60. The number of fused-ring (bicyclic) bond motifs is 3. The zero-order chi connectivity index (χ0) is 20.5. The molecule has 156 valence electrons. The maximum absolute atomic E-state index is 6.49. The Morgan fingerprint density at radius 1 is 1.13 bits per heavy atom. The van der Waals surface area contributed by atoms with Crippen molar-refractivity contribution in [3.05, 3.63) is 46.1 Å². The minimum atomic E-state index is 0.557. The summed E-state index contributed by atoms with van der Waals surface area (Å²) in [5.41, 5.74) is 3.30. The molecular formula is C22H24Cl2N6. The SMILES string of the molecule is Clc1cccc(Cl)c1-c1cc2cnc(=NCCC3CCNCC3)nc-2n2c1NCC2. The fourth-order valence-electron chi connectivity index (χ4n) is 4.40. The van der Waals surface area contributed by atoms with Crippen LogP contribution in [0.4, 0.5) is 5.82 Å². The van der Waals surface area contributed by atoms with Crippen LogP contribution in [0.15, 0.2) is 35.5 Å². The maximum Gasteiger partial charge on any atom is 0.246 e. The van der Waals surface area contributed by atoms with Crippen LogP contribution in [0, 0.1) is 5.92 Å². The second-order valence-corrected chi connectivity index (χ2v) is 8.71. The van der Waals surface area contributed by atoms with E-state index in [0.29, 0.717) is 15.7 Å². The van der Waals surface area contributed by atoms with Crippen molar-refractivity contribution in [1.29, 1.82) is 0 Å². The number of pyridine rings is 1. The Morgan fingerprint density at radius 2 is 1.93 bits per heavy atom. The molecule has 0 saturated carbocycles. The van der Waals surface area contributed by atoms with E-state index in [1.54, 1.807) is 0 Å². The van der Waals surface area contributed by atoms with Crippen LogP contribution < -0.4 is 16.3 Å². The van der Waals surface area contributed by atoms with E-state index in [1.165, 1.54) is 12.8 Å². The Labute approximate surface area is 185 Å². The molecule has 1 aromatic rings. The second-order valence-electron chi connectivity index (χ2n) is 7.89. The lowest BCUT2D eigenvalue weighted by molar-refractivity contribution is 0.357. The molecule has 2 N–H and O–H groups in total. The van der Waals surface area contributed by atoms with Gasteiger partial charge in [-0.05, 0) is 56.5 Å². The second kappa shape index (κ2) is 8.53. The highest BCUT2D eigenvalue weighted by molar-refractivity contribution is 6.39. The van der Waals surface area contributed by atoms with Gasteiger partial charge in [-0.2, -0.15) is 4.98 Å². The molecule has 4 heterocycles. The summed E-state index contributed by atoms with van der Waals surface area (Å²) >= 11 is 13.0. The summed E-state index contributed by atoms with van der Waals surface area (Å²) in [6, 6.07) is 7.64. The first-order valence-corrected chi connectivity index (χ1v) is 11.3. The van der Waals surface area contributed by atoms with Gasteiger partial charge in [-0.25, -0.2) is 9.98 Å². The van der Waals surface area contributed by atoms with Gasteiger partial charge in [0.1, 0.15) is 11.6 Å². The first-order chi connectivity index (χ1) is 14.7. The van der Waals surface area contributed by atoms with Gasteiger partial charge in [0.05, 0.1) is 10.0 Å². The molecule has 0 amide bonds. The third kappa shape index (κ3) is 3.80. The van der Waals surface area contributed by atoms with E-state index in [0.717, 1.165) is 73.4 Å². The van der Waals surface area contributed by atoms with Gasteiger partial charge in [0.25, 0.3) is 0 Å². The Hall–Kier alpha value is -2.15. The lowest BCUT2D eigenvalue weighted by Gasteiger charge is -2.21. The normalized spacial score (nSPS) is 17.3. The van der Waals surface area contributed by atoms with Crippen molar-refractivity contribution in [3.63, 3.8) is 0 Å². The molecule has 1 fully saturated rings. The molecule has 30 heavy (non-hydrogen) atoms. The standard InChI is InChI=1S/C22H24Cl2N6/c23-17-2-1-3-18(24)19(17)16-12-15-13-28-22(27-9-6-14-4-7-25-8-5-14)29-20(15)30-11-10-26-21(16)30/h1-3,12-14,25-26H,4-11H2. The lowest BCUT2D eigenvalue weighted by Crippen LogP contribution is -2.28. The number of hydrogen-bond donors (Lipinski definition) is 2. The molecule has 4 aliphatic rings. The van der Waals surface area contributed by atoms with Crippen LogP contribution >= 0.6 is 23.2 Å². The van der Waals surface area contributed by atoms with Crippen LogP contribution in [0.5, 0.6) is 0 Å². The number of halogens is 2. The molecule has 1 saturated heterocycles. The molecule has 0 bridgehead atoms. The number of nitrogens with zero attached hydrogens (tertiary/aromatic N) is 4. The van der Waals surface area contributed by atoms with E-state index in [2.05, 4.69) is 31.2 Å². The smallest absolute Gasteiger partial charge is 0.246 e. The highest BCUT2D eigenvalue weighted by atomic mass is 35.5. The fourth-order valence-corrected chi connectivity index (χ4v) is 5.00. The number of nitrogens with one attached hydrogen (secondary N) is 2. The van der Waals surface area contributed by atoms with E-state index in [4.69, 9.17) is 28.2 Å². The minimum Gasteiger partial charge on any atom is -0.369 e. The molecule has 8 heteroatoms. The Morgan fingerprint density at radius 3 is 2.73 bits per heavy atom. The van der Waals surface area contributed by atoms with Crippen LogP contribution in [0.25, 0.3) is 22.5 Å². The summed E-state index contributed by atoms with van der Waals surface area (Å²) in [6.45, 7) is 4.66. The summed E-state index contributed by atoms with van der Waals surface area (Å²) in [6.07, 6.45) is 5.42. The number of aromatic nitrogens is 3. The molecule has 4 aliphatic heterocycles. The topological polar surface area (TPSA) is 67.1 Å². The van der Waals surface area contributed by atoms with Gasteiger partial charge in [0.2, 0.25) is 5.62 Å². The predicted molar refractivity (Wildman–Crippen MR) is 121 cm³/mol. The molecule has 6 nitrogen and oxygen atoms in total. The molecule has 5 rings (SSSR count). The van der Waals surface area contributed by atoms with Crippen LogP contribution in [-0.4, -0.2) is 40.7 Å². The van der Waals surface area contributed by atoms with Gasteiger partial charge in [0.15, 0.2) is 0 Å². The van der Waals surface area contributed by atoms with Gasteiger partial charge in [-0.3, -0.25) is 0 Å². The highest BCUT2D eigenvalue weighted by Gasteiger charge is 2.24. The molecule has 0 spiro atoms. The minimum absolute atomic E-state index is 0.557. The molecule has 0 aliphatic carbocycles. The summed E-state index contributed by atoms with van der Waals surface area (Å²) in [5.74, 6) is 2.62. The van der Waals surface area contributed by atoms with Crippen LogP contribution in [0.3, 0.4) is 0 Å². The number of hydrogen-bond acceptors (Lipinski definition) is 5. The Balaban J connectivity index is 1.51. The van der Waals surface area contributed by atoms with E-state index in [-0.39, 0.29) is 0 Å². The van der Waals surface area contributed by atoms with Crippen LogP contribution in [-0.2, 0) is 6.54 Å².